The minimum absolute atomic E-state index is 0.0450. The number of hydrogen-bond acceptors (Lipinski definition) is 5. The molecule has 7 nitrogen and oxygen atoms in total. The molecule has 218 valence electrons. The molecule has 0 N–H and O–H groups in total. The van der Waals surface area contributed by atoms with Crippen LogP contribution in [0.3, 0.4) is 0 Å². The van der Waals surface area contributed by atoms with Gasteiger partial charge < -0.3 is 24.0 Å². The topological polar surface area (TPSA) is 68.3 Å². The van der Waals surface area contributed by atoms with Crippen LogP contribution in [0.5, 0.6) is 0 Å². The molecule has 1 saturated heterocycles. The Morgan fingerprint density at radius 3 is 2.45 bits per heavy atom. The quantitative estimate of drug-likeness (QED) is 0.408. The summed E-state index contributed by atoms with van der Waals surface area (Å²) < 4.78 is 30.9. The summed E-state index contributed by atoms with van der Waals surface area (Å²) in [5.41, 5.74) is 2.54. The van der Waals surface area contributed by atoms with Crippen molar-refractivity contribution in [1.82, 2.24) is 9.80 Å². The Morgan fingerprint density at radius 2 is 1.77 bits per heavy atom. The molecule has 1 atom stereocenters. The summed E-state index contributed by atoms with van der Waals surface area (Å²) in [6.45, 7) is 10.5. The van der Waals surface area contributed by atoms with Gasteiger partial charge in [0.15, 0.2) is 0 Å². The van der Waals surface area contributed by atoms with Gasteiger partial charge in [-0.15, -0.1) is 0 Å². The maximum absolute atomic E-state index is 13.4. The Labute approximate surface area is 237 Å². The Balaban J connectivity index is 1.29. The molecule has 2 aromatic carbocycles. The number of benzene rings is 2. The van der Waals surface area contributed by atoms with Gasteiger partial charge in [0, 0.05) is 31.6 Å². The first-order valence-corrected chi connectivity index (χ1v) is 14.3. The molecule has 8 heteroatoms. The fraction of sp³-hybridized carbons (Fsp3) is 0.562. The molecule has 2 aromatic rings. The van der Waals surface area contributed by atoms with Crippen molar-refractivity contribution in [2.45, 2.75) is 84.3 Å². The van der Waals surface area contributed by atoms with Gasteiger partial charge in [-0.05, 0) is 76.6 Å². The molecule has 0 spiro atoms. The zero-order valence-corrected chi connectivity index (χ0v) is 24.2. The maximum Gasteiger partial charge on any atom is 0.410 e. The highest BCUT2D eigenvalue weighted by Gasteiger charge is 2.36. The molecule has 1 saturated carbocycles. The van der Waals surface area contributed by atoms with Crippen LogP contribution >= 0.6 is 0 Å². The van der Waals surface area contributed by atoms with E-state index < -0.39 is 5.60 Å². The molecule has 1 heterocycles. The second kappa shape index (κ2) is 13.6. The van der Waals surface area contributed by atoms with Crippen molar-refractivity contribution in [2.24, 2.45) is 5.92 Å². The van der Waals surface area contributed by atoms with Gasteiger partial charge in [-0.1, -0.05) is 42.0 Å². The van der Waals surface area contributed by atoms with Gasteiger partial charge in [-0.3, -0.25) is 4.79 Å². The van der Waals surface area contributed by atoms with E-state index in [-0.39, 0.29) is 35.9 Å². The molecule has 4 rings (SSSR count). The Bertz CT molecular complexity index is 1120. The standard InChI is InChI=1S/C32H43FN2O5/c1-23-6-5-7-25(18-23)21-38-22-29-20-34(16-17-39-29)30(36)26-10-14-28(15-11-26)35(31(37)40-32(2,3)4)19-24-8-12-27(33)13-9-24/h5-9,12-13,18,26,28-29H,10-11,14-17,19-22H2,1-4H3/t26?,28?,29-/m1/s1. The van der Waals surface area contributed by atoms with Crippen LogP contribution in [0.15, 0.2) is 48.5 Å². The van der Waals surface area contributed by atoms with Crippen molar-refractivity contribution in [2.75, 3.05) is 26.3 Å². The number of halogens is 1. The van der Waals surface area contributed by atoms with Gasteiger partial charge in [0.2, 0.25) is 5.91 Å². The van der Waals surface area contributed by atoms with Crippen LogP contribution in [0.4, 0.5) is 9.18 Å². The third-order valence-corrected chi connectivity index (χ3v) is 7.49. The van der Waals surface area contributed by atoms with Crippen molar-refractivity contribution in [1.29, 1.82) is 0 Å². The zero-order valence-electron chi connectivity index (χ0n) is 24.2. The number of nitrogens with zero attached hydrogens (tertiary/aromatic N) is 2. The summed E-state index contributed by atoms with van der Waals surface area (Å²) >= 11 is 0. The molecule has 0 radical (unpaired) electrons. The number of hydrogen-bond donors (Lipinski definition) is 0. The molecule has 0 bridgehead atoms. The lowest BCUT2D eigenvalue weighted by atomic mass is 9.84. The van der Waals surface area contributed by atoms with E-state index in [1.165, 1.54) is 17.7 Å². The number of aryl methyl sites for hydroxylation is 1. The van der Waals surface area contributed by atoms with E-state index in [0.29, 0.717) is 65.1 Å². The Hall–Kier alpha value is -2.97. The van der Waals surface area contributed by atoms with Crippen molar-refractivity contribution in [3.05, 3.63) is 71.0 Å². The molecule has 2 fully saturated rings. The molecule has 2 aliphatic rings. The van der Waals surface area contributed by atoms with Crippen molar-refractivity contribution >= 4 is 12.0 Å². The van der Waals surface area contributed by atoms with E-state index in [1.54, 1.807) is 17.0 Å². The first kappa shape index (κ1) is 30.0. The van der Waals surface area contributed by atoms with Crippen LogP contribution in [0.25, 0.3) is 0 Å². The fourth-order valence-electron chi connectivity index (χ4n) is 5.47. The molecule has 40 heavy (non-hydrogen) atoms. The largest absolute Gasteiger partial charge is 0.444 e. The van der Waals surface area contributed by atoms with Crippen LogP contribution in [0.1, 0.15) is 63.1 Å². The van der Waals surface area contributed by atoms with E-state index in [9.17, 15) is 14.0 Å². The monoisotopic (exact) mass is 554 g/mol. The smallest absolute Gasteiger partial charge is 0.410 e. The predicted octanol–water partition coefficient (Wildman–Crippen LogP) is 5.87. The van der Waals surface area contributed by atoms with E-state index in [1.807, 2.05) is 37.8 Å². The Morgan fingerprint density at radius 1 is 1.05 bits per heavy atom. The first-order chi connectivity index (χ1) is 19.1. The summed E-state index contributed by atoms with van der Waals surface area (Å²) in [7, 11) is 0. The number of rotatable bonds is 8. The van der Waals surface area contributed by atoms with Gasteiger partial charge in [0.05, 0.1) is 25.9 Å². The van der Waals surface area contributed by atoms with Crippen LogP contribution < -0.4 is 0 Å². The normalized spacial score (nSPS) is 21.6. The molecular weight excluding hydrogens is 511 g/mol. The van der Waals surface area contributed by atoms with E-state index in [4.69, 9.17) is 14.2 Å². The van der Waals surface area contributed by atoms with Crippen LogP contribution in [-0.4, -0.2) is 65.9 Å². The highest BCUT2D eigenvalue weighted by Crippen LogP contribution is 2.31. The molecule has 0 aromatic heterocycles. The van der Waals surface area contributed by atoms with Crippen molar-refractivity contribution < 1.29 is 28.2 Å². The van der Waals surface area contributed by atoms with Crippen LogP contribution in [0.2, 0.25) is 0 Å². The van der Waals surface area contributed by atoms with E-state index in [0.717, 1.165) is 11.1 Å². The van der Waals surface area contributed by atoms with Crippen LogP contribution in [0, 0.1) is 18.7 Å². The minimum Gasteiger partial charge on any atom is -0.444 e. The Kier molecular flexibility index (Phi) is 10.2. The third-order valence-electron chi connectivity index (χ3n) is 7.49. The second-order valence-corrected chi connectivity index (χ2v) is 12.0. The second-order valence-electron chi connectivity index (χ2n) is 12.0. The highest BCUT2D eigenvalue weighted by molar-refractivity contribution is 5.79. The van der Waals surface area contributed by atoms with Crippen LogP contribution in [-0.2, 0) is 32.2 Å². The van der Waals surface area contributed by atoms with Crippen molar-refractivity contribution in [3.8, 4) is 0 Å². The van der Waals surface area contributed by atoms with Gasteiger partial charge >= 0.3 is 6.09 Å². The molecule has 1 aliphatic carbocycles. The lowest BCUT2D eigenvalue weighted by molar-refractivity contribution is -0.147. The summed E-state index contributed by atoms with van der Waals surface area (Å²) in [4.78, 5) is 30.3. The van der Waals surface area contributed by atoms with Gasteiger partial charge in [-0.25, -0.2) is 9.18 Å². The third kappa shape index (κ3) is 8.77. The summed E-state index contributed by atoms with van der Waals surface area (Å²) in [5.74, 6) is -0.225. The SMILES string of the molecule is Cc1cccc(COC[C@H]2CN(C(=O)C3CCC(N(Cc4ccc(F)cc4)C(=O)OC(C)(C)C)CC3)CCO2)c1. The molecule has 2 amide bonds. The number of carbonyl (C=O) groups is 2. The maximum atomic E-state index is 13.4. The summed E-state index contributed by atoms with van der Waals surface area (Å²) in [5, 5.41) is 0. The molecule has 0 unspecified atom stereocenters. The fourth-order valence-corrected chi connectivity index (χ4v) is 5.47. The van der Waals surface area contributed by atoms with Crippen molar-refractivity contribution in [3.63, 3.8) is 0 Å². The zero-order chi connectivity index (χ0) is 28.7. The number of amides is 2. The van der Waals surface area contributed by atoms with Gasteiger partial charge in [-0.2, -0.15) is 0 Å². The first-order valence-electron chi connectivity index (χ1n) is 14.3. The van der Waals surface area contributed by atoms with Gasteiger partial charge in [0.1, 0.15) is 11.4 Å². The van der Waals surface area contributed by atoms with E-state index >= 15 is 0 Å². The number of morpholine rings is 1. The lowest BCUT2D eigenvalue weighted by Crippen LogP contribution is -2.50. The number of carbonyl (C=O) groups excluding carboxylic acids is 2. The number of ether oxygens (including phenoxy) is 3. The summed E-state index contributed by atoms with van der Waals surface area (Å²) in [6, 6.07) is 14.4. The van der Waals surface area contributed by atoms with E-state index in [2.05, 4.69) is 19.1 Å². The minimum atomic E-state index is -0.623. The lowest BCUT2D eigenvalue weighted by Gasteiger charge is -2.39. The molecule has 1 aliphatic heterocycles. The predicted molar refractivity (Wildman–Crippen MR) is 151 cm³/mol. The average Bonchev–Trinajstić information content (AvgIpc) is 2.92. The molecular formula is C32H43FN2O5. The van der Waals surface area contributed by atoms with Gasteiger partial charge in [0.25, 0.3) is 0 Å². The summed E-state index contributed by atoms with van der Waals surface area (Å²) in [6.07, 6.45) is 2.32. The highest BCUT2D eigenvalue weighted by atomic mass is 19.1. The average molecular weight is 555 g/mol.